The maximum absolute atomic E-state index is 7.54. The summed E-state index contributed by atoms with van der Waals surface area (Å²) in [6, 6.07) is 14.0. The van der Waals surface area contributed by atoms with Crippen LogP contribution in [0.15, 0.2) is 42.5 Å². The fraction of sp³-hybridized carbons (Fsp3) is 0.118. The first-order valence-electron chi connectivity index (χ1n) is 6.73. The summed E-state index contributed by atoms with van der Waals surface area (Å²) in [5, 5.41) is 8.64. The number of ether oxygens (including phenoxy) is 2. The van der Waals surface area contributed by atoms with Crippen molar-refractivity contribution in [1.82, 2.24) is 0 Å². The lowest BCUT2D eigenvalue weighted by atomic mass is 10.0. The van der Waals surface area contributed by atoms with Crippen LogP contribution in [0, 0.1) is 5.41 Å². The molecule has 0 atom stereocenters. The lowest BCUT2D eigenvalue weighted by molar-refractivity contribution is 0.355. The zero-order valence-corrected chi connectivity index (χ0v) is 13.2. The molecule has 0 aliphatic rings. The predicted octanol–water partition coefficient (Wildman–Crippen LogP) is 3.87. The molecule has 0 bridgehead atoms. The average Bonchev–Trinajstić information content (AvgIpc) is 2.97. The van der Waals surface area contributed by atoms with Gasteiger partial charge >= 0.3 is 0 Å². The Morgan fingerprint density at radius 1 is 0.955 bits per heavy atom. The van der Waals surface area contributed by atoms with Crippen molar-refractivity contribution in [3.63, 3.8) is 0 Å². The van der Waals surface area contributed by atoms with Crippen molar-refractivity contribution < 1.29 is 9.47 Å². The number of amidine groups is 1. The van der Waals surface area contributed by atoms with Gasteiger partial charge in [-0.3, -0.25) is 5.41 Å². The van der Waals surface area contributed by atoms with Crippen LogP contribution < -0.4 is 15.2 Å². The van der Waals surface area contributed by atoms with Crippen LogP contribution in [0.1, 0.15) is 4.88 Å². The Balaban J connectivity index is 2.08. The van der Waals surface area contributed by atoms with E-state index in [1.165, 1.54) is 11.3 Å². The SMILES string of the molecule is COc1ccc(-c2ccc3cc(C(=N)N)sc3c2)cc1OC. The van der Waals surface area contributed by atoms with E-state index < -0.39 is 0 Å². The number of hydrogen-bond donors (Lipinski definition) is 2. The van der Waals surface area contributed by atoms with Crippen molar-refractivity contribution in [3.8, 4) is 22.6 Å². The van der Waals surface area contributed by atoms with Crippen molar-refractivity contribution in [2.75, 3.05) is 14.2 Å². The minimum atomic E-state index is 0.105. The van der Waals surface area contributed by atoms with Gasteiger partial charge in [-0.2, -0.15) is 0 Å². The molecule has 112 valence electrons. The Kier molecular flexibility index (Phi) is 3.73. The number of rotatable bonds is 4. The molecule has 0 amide bonds. The molecule has 0 spiro atoms. The number of fused-ring (bicyclic) bond motifs is 1. The number of benzene rings is 2. The predicted molar refractivity (Wildman–Crippen MR) is 91.4 cm³/mol. The van der Waals surface area contributed by atoms with E-state index in [2.05, 4.69) is 12.1 Å². The maximum Gasteiger partial charge on any atom is 0.161 e. The zero-order chi connectivity index (χ0) is 15.7. The Morgan fingerprint density at radius 3 is 2.32 bits per heavy atom. The summed E-state index contributed by atoms with van der Waals surface area (Å²) in [6.07, 6.45) is 0. The van der Waals surface area contributed by atoms with E-state index in [-0.39, 0.29) is 5.84 Å². The third-order valence-corrected chi connectivity index (χ3v) is 4.63. The van der Waals surface area contributed by atoms with Crippen LogP contribution in [-0.2, 0) is 0 Å². The minimum Gasteiger partial charge on any atom is -0.493 e. The smallest absolute Gasteiger partial charge is 0.161 e. The van der Waals surface area contributed by atoms with Gasteiger partial charge in [-0.15, -0.1) is 11.3 Å². The lowest BCUT2D eigenvalue weighted by Gasteiger charge is -2.09. The molecule has 22 heavy (non-hydrogen) atoms. The number of nitrogens with one attached hydrogen (secondary N) is 1. The van der Waals surface area contributed by atoms with Crippen LogP contribution in [0.3, 0.4) is 0 Å². The van der Waals surface area contributed by atoms with Crippen molar-refractivity contribution >= 4 is 27.3 Å². The van der Waals surface area contributed by atoms with Crippen LogP contribution >= 0.6 is 11.3 Å². The van der Waals surface area contributed by atoms with Crippen molar-refractivity contribution in [2.45, 2.75) is 0 Å². The van der Waals surface area contributed by atoms with Gasteiger partial charge in [0, 0.05) is 4.70 Å². The molecule has 1 heterocycles. The highest BCUT2D eigenvalue weighted by molar-refractivity contribution is 7.20. The Labute approximate surface area is 132 Å². The summed E-state index contributed by atoms with van der Waals surface area (Å²) < 4.78 is 11.7. The van der Waals surface area contributed by atoms with Gasteiger partial charge in [-0.25, -0.2) is 0 Å². The summed E-state index contributed by atoms with van der Waals surface area (Å²) in [5.74, 6) is 1.52. The molecule has 1 aromatic heterocycles. The lowest BCUT2D eigenvalue weighted by Crippen LogP contribution is -2.08. The molecule has 2 aromatic carbocycles. The normalized spacial score (nSPS) is 10.6. The third kappa shape index (κ3) is 2.51. The monoisotopic (exact) mass is 312 g/mol. The molecule has 0 unspecified atom stereocenters. The van der Waals surface area contributed by atoms with Gasteiger partial charge < -0.3 is 15.2 Å². The molecule has 3 aromatic rings. The van der Waals surface area contributed by atoms with Crippen molar-refractivity contribution in [2.24, 2.45) is 5.73 Å². The Morgan fingerprint density at radius 2 is 1.64 bits per heavy atom. The van der Waals surface area contributed by atoms with Crippen LogP contribution in [0.5, 0.6) is 11.5 Å². The Hall–Kier alpha value is -2.53. The number of nitrogen functional groups attached to an aromatic ring is 1. The van der Waals surface area contributed by atoms with E-state index in [1.807, 2.05) is 30.3 Å². The fourth-order valence-electron chi connectivity index (χ4n) is 2.36. The van der Waals surface area contributed by atoms with E-state index in [9.17, 15) is 0 Å². The summed E-state index contributed by atoms with van der Waals surface area (Å²) in [4.78, 5) is 0.791. The topological polar surface area (TPSA) is 68.3 Å². The molecule has 3 N–H and O–H groups in total. The molecule has 5 heteroatoms. The van der Waals surface area contributed by atoms with Crippen LogP contribution in [0.2, 0.25) is 0 Å². The van der Waals surface area contributed by atoms with Crippen molar-refractivity contribution in [3.05, 3.63) is 47.3 Å². The van der Waals surface area contributed by atoms with Gasteiger partial charge in [0.05, 0.1) is 19.1 Å². The minimum absolute atomic E-state index is 0.105. The molecule has 0 fully saturated rings. The van der Waals surface area contributed by atoms with E-state index in [4.69, 9.17) is 20.6 Å². The number of nitrogens with two attached hydrogens (primary N) is 1. The van der Waals surface area contributed by atoms with E-state index in [1.54, 1.807) is 14.2 Å². The summed E-state index contributed by atoms with van der Waals surface area (Å²) in [5.41, 5.74) is 7.70. The second-order valence-electron chi connectivity index (χ2n) is 4.85. The standard InChI is InChI=1S/C17H16N2O2S/c1-20-13-6-5-10(7-14(13)21-2)11-3-4-12-9-16(17(18)19)22-15(12)8-11/h3-9H,1-2H3,(H3,18,19). The summed E-state index contributed by atoms with van der Waals surface area (Å²) in [7, 11) is 3.25. The summed E-state index contributed by atoms with van der Waals surface area (Å²) >= 11 is 1.53. The quantitative estimate of drug-likeness (QED) is 0.567. The van der Waals surface area contributed by atoms with Crippen LogP contribution in [0.25, 0.3) is 21.2 Å². The molecular weight excluding hydrogens is 296 g/mol. The van der Waals surface area contributed by atoms with Crippen LogP contribution in [-0.4, -0.2) is 20.1 Å². The van der Waals surface area contributed by atoms with Crippen molar-refractivity contribution in [1.29, 1.82) is 5.41 Å². The van der Waals surface area contributed by atoms with E-state index in [0.29, 0.717) is 11.5 Å². The van der Waals surface area contributed by atoms with Gasteiger partial charge in [-0.05, 0) is 40.8 Å². The molecule has 0 radical (unpaired) electrons. The first kappa shape index (κ1) is 14.4. The highest BCUT2D eigenvalue weighted by atomic mass is 32.1. The maximum atomic E-state index is 7.54. The summed E-state index contributed by atoms with van der Waals surface area (Å²) in [6.45, 7) is 0. The first-order valence-corrected chi connectivity index (χ1v) is 7.54. The first-order chi connectivity index (χ1) is 10.6. The van der Waals surface area contributed by atoms with E-state index >= 15 is 0 Å². The molecule has 0 saturated carbocycles. The molecule has 0 saturated heterocycles. The highest BCUT2D eigenvalue weighted by Gasteiger charge is 2.09. The molecular formula is C17H16N2O2S. The van der Waals surface area contributed by atoms with Gasteiger partial charge in [0.15, 0.2) is 11.5 Å². The molecule has 0 aliphatic carbocycles. The second-order valence-corrected chi connectivity index (χ2v) is 5.93. The molecule has 4 nitrogen and oxygen atoms in total. The fourth-order valence-corrected chi connectivity index (χ4v) is 3.32. The van der Waals surface area contributed by atoms with Gasteiger partial charge in [0.2, 0.25) is 0 Å². The van der Waals surface area contributed by atoms with Gasteiger partial charge in [0.1, 0.15) is 5.84 Å². The second kappa shape index (κ2) is 5.69. The van der Waals surface area contributed by atoms with Gasteiger partial charge in [-0.1, -0.05) is 18.2 Å². The molecule has 3 rings (SSSR count). The number of hydrogen-bond acceptors (Lipinski definition) is 4. The zero-order valence-electron chi connectivity index (χ0n) is 12.3. The number of methoxy groups -OCH3 is 2. The van der Waals surface area contributed by atoms with E-state index in [0.717, 1.165) is 26.1 Å². The molecule has 0 aliphatic heterocycles. The third-order valence-electron chi connectivity index (χ3n) is 3.50. The van der Waals surface area contributed by atoms with Crippen LogP contribution in [0.4, 0.5) is 0 Å². The van der Waals surface area contributed by atoms with Gasteiger partial charge in [0.25, 0.3) is 0 Å². The Bertz CT molecular complexity index is 855. The average molecular weight is 312 g/mol. The largest absolute Gasteiger partial charge is 0.493 e. The number of thiophene rings is 1. The highest BCUT2D eigenvalue weighted by Crippen LogP contribution is 2.35.